The van der Waals surface area contributed by atoms with E-state index in [2.05, 4.69) is 32.3 Å². The van der Waals surface area contributed by atoms with Crippen LogP contribution in [0.25, 0.3) is 0 Å². The van der Waals surface area contributed by atoms with Crippen LogP contribution >= 0.6 is 0 Å². The van der Waals surface area contributed by atoms with Crippen LogP contribution in [-0.4, -0.2) is 37.2 Å². The molecule has 1 aromatic heterocycles. The highest BCUT2D eigenvalue weighted by atomic mass is 16.5. The third-order valence-corrected chi connectivity index (χ3v) is 4.50. The minimum atomic E-state index is 0.318. The van der Waals surface area contributed by atoms with E-state index in [1.54, 1.807) is 0 Å². The number of anilines is 2. The average molecular weight is 383 g/mol. The third-order valence-electron chi connectivity index (χ3n) is 4.50. The van der Waals surface area contributed by atoms with E-state index in [1.807, 2.05) is 38.2 Å². The van der Waals surface area contributed by atoms with Crippen LogP contribution in [0, 0.1) is 0 Å². The first-order chi connectivity index (χ1) is 13.7. The monoisotopic (exact) mass is 383 g/mol. The Kier molecular flexibility index (Phi) is 6.94. The molecule has 0 saturated carbocycles. The third kappa shape index (κ3) is 5.28. The molecule has 7 nitrogen and oxygen atoms in total. The molecule has 1 aliphatic rings. The Morgan fingerprint density at radius 1 is 1.14 bits per heavy atom. The summed E-state index contributed by atoms with van der Waals surface area (Å²) in [6.07, 6.45) is 4.35. The zero-order valence-electron chi connectivity index (χ0n) is 16.6. The van der Waals surface area contributed by atoms with Gasteiger partial charge in [0, 0.05) is 25.4 Å². The second-order valence-electron chi connectivity index (χ2n) is 6.57. The maximum Gasteiger partial charge on any atom is 0.193 e. The molecule has 1 aromatic carbocycles. The molecule has 2 heterocycles. The fraction of sp³-hybridized carbons (Fsp3) is 0.429. The molecule has 0 bridgehead atoms. The SMILES string of the molecule is CCOc1ccc(OCC)c(NC(N)=NCc2ccc(N3CCCC3)nc2)c1. The topological polar surface area (TPSA) is 85.0 Å². The van der Waals surface area contributed by atoms with Crippen molar-refractivity contribution in [2.45, 2.75) is 33.2 Å². The van der Waals surface area contributed by atoms with Crippen molar-refractivity contribution in [3.05, 3.63) is 42.1 Å². The van der Waals surface area contributed by atoms with Gasteiger partial charge in [-0.3, -0.25) is 0 Å². The van der Waals surface area contributed by atoms with E-state index in [4.69, 9.17) is 15.2 Å². The molecule has 1 fully saturated rings. The molecule has 150 valence electrons. The van der Waals surface area contributed by atoms with Gasteiger partial charge in [-0.1, -0.05) is 6.07 Å². The number of rotatable bonds is 8. The van der Waals surface area contributed by atoms with Gasteiger partial charge < -0.3 is 25.4 Å². The Balaban J connectivity index is 1.64. The molecule has 0 spiro atoms. The van der Waals surface area contributed by atoms with Gasteiger partial charge in [0.25, 0.3) is 0 Å². The molecule has 0 aliphatic carbocycles. The lowest BCUT2D eigenvalue weighted by atomic mass is 10.2. The van der Waals surface area contributed by atoms with Crippen molar-refractivity contribution in [2.24, 2.45) is 10.7 Å². The van der Waals surface area contributed by atoms with E-state index in [0.29, 0.717) is 31.5 Å². The van der Waals surface area contributed by atoms with Gasteiger partial charge >= 0.3 is 0 Å². The van der Waals surface area contributed by atoms with Gasteiger partial charge in [0.1, 0.15) is 17.3 Å². The van der Waals surface area contributed by atoms with E-state index in [0.717, 1.165) is 35.9 Å². The summed E-state index contributed by atoms with van der Waals surface area (Å²) in [5, 5.41) is 3.11. The molecule has 0 radical (unpaired) electrons. The second kappa shape index (κ2) is 9.82. The number of nitrogens with zero attached hydrogens (tertiary/aromatic N) is 3. The van der Waals surface area contributed by atoms with Crippen LogP contribution in [-0.2, 0) is 6.54 Å². The lowest BCUT2D eigenvalue weighted by Gasteiger charge is -2.16. The Hall–Kier alpha value is -2.96. The fourth-order valence-corrected chi connectivity index (χ4v) is 3.14. The summed E-state index contributed by atoms with van der Waals surface area (Å²) in [6, 6.07) is 9.71. The van der Waals surface area contributed by atoms with Crippen molar-refractivity contribution in [1.29, 1.82) is 0 Å². The number of benzene rings is 1. The largest absolute Gasteiger partial charge is 0.494 e. The molecule has 3 rings (SSSR count). The van der Waals surface area contributed by atoms with Gasteiger partial charge in [-0.15, -0.1) is 0 Å². The molecule has 3 N–H and O–H groups in total. The lowest BCUT2D eigenvalue weighted by Crippen LogP contribution is -2.23. The zero-order valence-corrected chi connectivity index (χ0v) is 16.6. The van der Waals surface area contributed by atoms with Crippen LogP contribution in [0.5, 0.6) is 11.5 Å². The van der Waals surface area contributed by atoms with Crippen LogP contribution < -0.4 is 25.4 Å². The molecule has 1 saturated heterocycles. The standard InChI is InChI=1S/C21H29N5O2/c1-3-27-17-8-9-19(28-4-2)18(13-17)25-21(22)24-15-16-7-10-20(23-14-16)26-11-5-6-12-26/h7-10,13-14H,3-6,11-12,15H2,1-2H3,(H3,22,24,25). The van der Waals surface area contributed by atoms with E-state index < -0.39 is 0 Å². The van der Waals surface area contributed by atoms with Crippen molar-refractivity contribution < 1.29 is 9.47 Å². The second-order valence-corrected chi connectivity index (χ2v) is 6.57. The first-order valence-corrected chi connectivity index (χ1v) is 9.86. The van der Waals surface area contributed by atoms with Crippen LogP contribution in [0.3, 0.4) is 0 Å². The van der Waals surface area contributed by atoms with Crippen molar-refractivity contribution in [3.8, 4) is 11.5 Å². The molecule has 0 amide bonds. The molecular weight excluding hydrogens is 354 g/mol. The Morgan fingerprint density at radius 2 is 1.93 bits per heavy atom. The van der Waals surface area contributed by atoms with Gasteiger partial charge in [0.05, 0.1) is 25.4 Å². The summed E-state index contributed by atoms with van der Waals surface area (Å²) in [7, 11) is 0. The lowest BCUT2D eigenvalue weighted by molar-refractivity contribution is 0.332. The predicted molar refractivity (Wildman–Crippen MR) is 113 cm³/mol. The number of nitrogens with one attached hydrogen (secondary N) is 1. The smallest absolute Gasteiger partial charge is 0.193 e. The molecule has 28 heavy (non-hydrogen) atoms. The first-order valence-electron chi connectivity index (χ1n) is 9.86. The van der Waals surface area contributed by atoms with Gasteiger partial charge in [-0.05, 0) is 50.5 Å². The number of guanidine groups is 1. The number of pyridine rings is 1. The Labute approximate surface area is 166 Å². The minimum Gasteiger partial charge on any atom is -0.494 e. The van der Waals surface area contributed by atoms with Crippen molar-refractivity contribution >= 4 is 17.5 Å². The van der Waals surface area contributed by atoms with E-state index in [-0.39, 0.29) is 0 Å². The molecule has 7 heteroatoms. The Bertz CT molecular complexity index is 786. The maximum absolute atomic E-state index is 6.09. The first kappa shape index (κ1) is 19.8. The minimum absolute atomic E-state index is 0.318. The zero-order chi connectivity index (χ0) is 19.8. The highest BCUT2D eigenvalue weighted by Crippen LogP contribution is 2.29. The quantitative estimate of drug-likeness (QED) is 0.537. The van der Waals surface area contributed by atoms with Crippen LogP contribution in [0.2, 0.25) is 0 Å². The summed E-state index contributed by atoms with van der Waals surface area (Å²) >= 11 is 0. The average Bonchev–Trinajstić information content (AvgIpc) is 3.24. The number of aromatic nitrogens is 1. The van der Waals surface area contributed by atoms with Gasteiger partial charge in [-0.25, -0.2) is 9.98 Å². The fourth-order valence-electron chi connectivity index (χ4n) is 3.14. The number of nitrogens with two attached hydrogens (primary N) is 1. The van der Waals surface area contributed by atoms with Crippen LogP contribution in [0.4, 0.5) is 11.5 Å². The van der Waals surface area contributed by atoms with Crippen LogP contribution in [0.1, 0.15) is 32.3 Å². The van der Waals surface area contributed by atoms with Crippen molar-refractivity contribution in [2.75, 3.05) is 36.5 Å². The summed E-state index contributed by atoms with van der Waals surface area (Å²) in [5.41, 5.74) is 7.83. The summed E-state index contributed by atoms with van der Waals surface area (Å²) in [6.45, 7) is 7.68. The van der Waals surface area contributed by atoms with Crippen molar-refractivity contribution in [1.82, 2.24) is 4.98 Å². The molecule has 0 unspecified atom stereocenters. The van der Waals surface area contributed by atoms with Crippen LogP contribution in [0.15, 0.2) is 41.5 Å². The highest BCUT2D eigenvalue weighted by molar-refractivity contribution is 5.94. The summed E-state index contributed by atoms with van der Waals surface area (Å²) < 4.78 is 11.2. The van der Waals surface area contributed by atoms with E-state index in [9.17, 15) is 0 Å². The number of hydrogen-bond acceptors (Lipinski definition) is 5. The maximum atomic E-state index is 6.09. The molecule has 1 aliphatic heterocycles. The highest BCUT2D eigenvalue weighted by Gasteiger charge is 2.13. The number of aliphatic imine (C=N–C) groups is 1. The number of ether oxygens (including phenoxy) is 2. The summed E-state index contributed by atoms with van der Waals surface area (Å²) in [4.78, 5) is 11.3. The molecule has 2 aromatic rings. The summed E-state index contributed by atoms with van der Waals surface area (Å²) in [5.74, 6) is 2.81. The molecule has 0 atom stereocenters. The molecular formula is C21H29N5O2. The van der Waals surface area contributed by atoms with Gasteiger partial charge in [-0.2, -0.15) is 0 Å². The Morgan fingerprint density at radius 3 is 2.61 bits per heavy atom. The van der Waals surface area contributed by atoms with Gasteiger partial charge in [0.15, 0.2) is 5.96 Å². The van der Waals surface area contributed by atoms with E-state index >= 15 is 0 Å². The van der Waals surface area contributed by atoms with Crippen molar-refractivity contribution in [3.63, 3.8) is 0 Å². The predicted octanol–water partition coefficient (Wildman–Crippen LogP) is 3.41. The van der Waals surface area contributed by atoms with E-state index in [1.165, 1.54) is 12.8 Å². The normalized spacial score (nSPS) is 14.2. The number of hydrogen-bond donors (Lipinski definition) is 2. The van der Waals surface area contributed by atoms with Gasteiger partial charge in [0.2, 0.25) is 0 Å².